The average Bonchev–Trinajstić information content (AvgIpc) is 2.48. The minimum Gasteiger partial charge on any atom is -0.387 e. The Hall–Kier alpha value is -1.86. The van der Waals surface area contributed by atoms with Crippen molar-refractivity contribution >= 4 is 11.6 Å². The van der Waals surface area contributed by atoms with E-state index in [1.165, 1.54) is 0 Å². The molecule has 1 unspecified atom stereocenters. The van der Waals surface area contributed by atoms with Gasteiger partial charge in [-0.05, 0) is 23.8 Å². The smallest absolute Gasteiger partial charge is 0.0991 e. The summed E-state index contributed by atoms with van der Waals surface area (Å²) in [5.41, 5.74) is 2.43. The fraction of sp³-hybridized carbons (Fsp3) is 0.188. The van der Waals surface area contributed by atoms with E-state index in [1.54, 1.807) is 18.2 Å². The van der Waals surface area contributed by atoms with E-state index >= 15 is 0 Å². The van der Waals surface area contributed by atoms with Crippen LogP contribution in [-0.4, -0.2) is 11.7 Å². The summed E-state index contributed by atoms with van der Waals surface area (Å²) in [4.78, 5) is 0. The third-order valence-corrected chi connectivity index (χ3v) is 3.36. The number of hydrogen-bond donors (Lipinski definition) is 2. The summed E-state index contributed by atoms with van der Waals surface area (Å²) in [5, 5.41) is 22.5. The van der Waals surface area contributed by atoms with Gasteiger partial charge in [-0.3, -0.25) is 0 Å². The van der Waals surface area contributed by atoms with Crippen molar-refractivity contribution in [3.63, 3.8) is 0 Å². The van der Waals surface area contributed by atoms with E-state index in [0.717, 1.165) is 11.1 Å². The molecule has 0 bridgehead atoms. The van der Waals surface area contributed by atoms with Gasteiger partial charge in [-0.1, -0.05) is 41.9 Å². The van der Waals surface area contributed by atoms with Crippen LogP contribution in [0.25, 0.3) is 0 Å². The summed E-state index contributed by atoms with van der Waals surface area (Å²) < 4.78 is 0. The number of nitrogens with one attached hydrogen (secondary N) is 1. The van der Waals surface area contributed by atoms with Crippen molar-refractivity contribution in [2.75, 3.05) is 6.54 Å². The maximum Gasteiger partial charge on any atom is 0.0991 e. The number of hydrogen-bond acceptors (Lipinski definition) is 3. The van der Waals surface area contributed by atoms with E-state index in [-0.39, 0.29) is 0 Å². The molecule has 0 fully saturated rings. The van der Waals surface area contributed by atoms with E-state index in [1.807, 2.05) is 30.3 Å². The van der Waals surface area contributed by atoms with Gasteiger partial charge >= 0.3 is 0 Å². The highest BCUT2D eigenvalue weighted by Crippen LogP contribution is 2.21. The number of rotatable bonds is 5. The lowest BCUT2D eigenvalue weighted by molar-refractivity contribution is 0.174. The van der Waals surface area contributed by atoms with Gasteiger partial charge in [0, 0.05) is 23.7 Å². The van der Waals surface area contributed by atoms with E-state index in [2.05, 4.69) is 11.4 Å². The molecular weight excluding hydrogens is 272 g/mol. The topological polar surface area (TPSA) is 56.0 Å². The molecule has 2 rings (SSSR count). The molecule has 3 nitrogen and oxygen atoms in total. The highest BCUT2D eigenvalue weighted by molar-refractivity contribution is 6.31. The summed E-state index contributed by atoms with van der Waals surface area (Å²) in [5.74, 6) is 0. The second-order valence-electron chi connectivity index (χ2n) is 4.48. The molecule has 1 atom stereocenters. The fourth-order valence-corrected chi connectivity index (χ4v) is 2.17. The number of nitrogens with zero attached hydrogens (tertiary/aromatic N) is 1. The quantitative estimate of drug-likeness (QED) is 0.888. The average molecular weight is 287 g/mol. The molecule has 0 aliphatic carbocycles. The van der Waals surface area contributed by atoms with E-state index in [4.69, 9.17) is 16.9 Å². The number of aliphatic hydroxyl groups excluding tert-OH is 1. The minimum absolute atomic E-state index is 0.420. The minimum atomic E-state index is -0.637. The molecule has 0 spiro atoms. The summed E-state index contributed by atoms with van der Waals surface area (Å²) in [7, 11) is 0. The van der Waals surface area contributed by atoms with Crippen molar-refractivity contribution in [3.05, 3.63) is 70.2 Å². The van der Waals surface area contributed by atoms with E-state index in [0.29, 0.717) is 23.7 Å². The lowest BCUT2D eigenvalue weighted by Gasteiger charge is -2.13. The summed E-state index contributed by atoms with van der Waals surface area (Å²) in [6.45, 7) is 1.05. The predicted octanol–water partition coefficient (Wildman–Crippen LogP) is 3.03. The van der Waals surface area contributed by atoms with Gasteiger partial charge in [0.2, 0.25) is 0 Å². The largest absolute Gasteiger partial charge is 0.387 e. The van der Waals surface area contributed by atoms with Crippen molar-refractivity contribution in [3.8, 4) is 6.07 Å². The van der Waals surface area contributed by atoms with Crippen LogP contribution < -0.4 is 5.32 Å². The Labute approximate surface area is 123 Å². The molecule has 20 heavy (non-hydrogen) atoms. The number of aliphatic hydroxyl groups is 1. The number of benzene rings is 2. The molecule has 0 aliphatic rings. The zero-order valence-electron chi connectivity index (χ0n) is 10.9. The van der Waals surface area contributed by atoms with Crippen LogP contribution in [0.5, 0.6) is 0 Å². The maximum atomic E-state index is 10.1. The van der Waals surface area contributed by atoms with Gasteiger partial charge in [-0.25, -0.2) is 0 Å². The maximum absolute atomic E-state index is 10.1. The SMILES string of the molecule is N#Cc1ccc(CNCC(O)c2ccccc2Cl)cc1. The van der Waals surface area contributed by atoms with Gasteiger partial charge in [-0.2, -0.15) is 5.26 Å². The van der Waals surface area contributed by atoms with Gasteiger partial charge < -0.3 is 10.4 Å². The van der Waals surface area contributed by atoms with Crippen LogP contribution in [-0.2, 0) is 6.54 Å². The highest BCUT2D eigenvalue weighted by Gasteiger charge is 2.10. The second-order valence-corrected chi connectivity index (χ2v) is 4.88. The van der Waals surface area contributed by atoms with Crippen LogP contribution in [0.4, 0.5) is 0 Å². The van der Waals surface area contributed by atoms with Gasteiger partial charge in [0.15, 0.2) is 0 Å². The van der Waals surface area contributed by atoms with Crippen molar-refractivity contribution in [2.45, 2.75) is 12.6 Å². The van der Waals surface area contributed by atoms with Gasteiger partial charge in [0.05, 0.1) is 17.7 Å². The molecule has 0 amide bonds. The van der Waals surface area contributed by atoms with Gasteiger partial charge in [-0.15, -0.1) is 0 Å². The first-order valence-corrected chi connectivity index (χ1v) is 6.71. The lowest BCUT2D eigenvalue weighted by Crippen LogP contribution is -2.21. The van der Waals surface area contributed by atoms with Crippen molar-refractivity contribution in [1.82, 2.24) is 5.32 Å². The summed E-state index contributed by atoms with van der Waals surface area (Å²) >= 11 is 6.03. The molecule has 2 aromatic carbocycles. The van der Waals surface area contributed by atoms with Crippen LogP contribution >= 0.6 is 11.6 Å². The standard InChI is InChI=1S/C16H15ClN2O/c17-15-4-2-1-3-14(15)16(20)11-19-10-13-7-5-12(9-18)6-8-13/h1-8,16,19-20H,10-11H2. The molecular formula is C16H15ClN2O. The molecule has 0 saturated carbocycles. The zero-order valence-corrected chi connectivity index (χ0v) is 11.6. The Bertz CT molecular complexity index is 605. The lowest BCUT2D eigenvalue weighted by atomic mass is 10.1. The summed E-state index contributed by atoms with van der Waals surface area (Å²) in [6, 6.07) is 16.7. The molecule has 0 aromatic heterocycles. The van der Waals surface area contributed by atoms with Gasteiger partial charge in [0.25, 0.3) is 0 Å². The highest BCUT2D eigenvalue weighted by atomic mass is 35.5. The zero-order chi connectivity index (χ0) is 14.4. The monoisotopic (exact) mass is 286 g/mol. The predicted molar refractivity (Wildman–Crippen MR) is 79.3 cm³/mol. The third-order valence-electron chi connectivity index (χ3n) is 3.01. The normalized spacial score (nSPS) is 11.8. The molecule has 0 saturated heterocycles. The molecule has 0 heterocycles. The van der Waals surface area contributed by atoms with Crippen LogP contribution in [0.15, 0.2) is 48.5 Å². The van der Waals surface area contributed by atoms with Crippen molar-refractivity contribution < 1.29 is 5.11 Å². The van der Waals surface area contributed by atoms with Crippen LogP contribution in [0.2, 0.25) is 5.02 Å². The van der Waals surface area contributed by atoms with Crippen molar-refractivity contribution in [1.29, 1.82) is 5.26 Å². The first-order valence-electron chi connectivity index (χ1n) is 6.33. The van der Waals surface area contributed by atoms with Crippen molar-refractivity contribution in [2.24, 2.45) is 0 Å². The third kappa shape index (κ3) is 3.82. The molecule has 2 N–H and O–H groups in total. The Morgan fingerprint density at radius 3 is 2.50 bits per heavy atom. The number of halogens is 1. The Morgan fingerprint density at radius 1 is 1.15 bits per heavy atom. The molecule has 2 aromatic rings. The van der Waals surface area contributed by atoms with Crippen LogP contribution in [0.1, 0.15) is 22.8 Å². The Balaban J connectivity index is 1.86. The Morgan fingerprint density at radius 2 is 1.85 bits per heavy atom. The fourth-order valence-electron chi connectivity index (χ4n) is 1.91. The Kier molecular flexibility index (Phi) is 5.14. The van der Waals surface area contributed by atoms with Crippen LogP contribution in [0.3, 0.4) is 0 Å². The van der Waals surface area contributed by atoms with Crippen LogP contribution in [0, 0.1) is 11.3 Å². The first kappa shape index (κ1) is 14.5. The summed E-state index contributed by atoms with van der Waals surface area (Å²) in [6.07, 6.45) is -0.637. The number of nitriles is 1. The molecule has 102 valence electrons. The molecule has 4 heteroatoms. The molecule has 0 radical (unpaired) electrons. The van der Waals surface area contributed by atoms with E-state index in [9.17, 15) is 5.11 Å². The van der Waals surface area contributed by atoms with Gasteiger partial charge in [0.1, 0.15) is 0 Å². The molecule has 0 aliphatic heterocycles. The van der Waals surface area contributed by atoms with E-state index < -0.39 is 6.10 Å². The second kappa shape index (κ2) is 7.06. The first-order chi connectivity index (χ1) is 9.70.